The molecule has 1 fully saturated rings. The molecule has 0 N–H and O–H groups in total. The van der Waals surface area contributed by atoms with Crippen molar-refractivity contribution in [3.05, 3.63) is 199 Å². The van der Waals surface area contributed by atoms with Crippen molar-refractivity contribution in [3.8, 4) is 11.1 Å². The Balaban J connectivity index is 1.03. The van der Waals surface area contributed by atoms with Crippen LogP contribution in [0.4, 0.5) is 45.5 Å². The lowest BCUT2D eigenvalue weighted by Gasteiger charge is -2.52. The number of benzene rings is 9. The van der Waals surface area contributed by atoms with Crippen LogP contribution in [0.15, 0.2) is 192 Å². The first kappa shape index (κ1) is 37.8. The molecular formula is C61H48BN3O. The maximum atomic E-state index is 6.44. The van der Waals surface area contributed by atoms with Crippen LogP contribution in [0.2, 0.25) is 0 Å². The first-order chi connectivity index (χ1) is 32.4. The molecule has 66 heavy (non-hydrogen) atoms. The Bertz CT molecular complexity index is 3650. The molecule has 10 aromatic rings. The molecule has 14 rings (SSSR count). The van der Waals surface area contributed by atoms with Gasteiger partial charge in [-0.15, -0.1) is 0 Å². The van der Waals surface area contributed by atoms with Crippen molar-refractivity contribution < 1.29 is 4.42 Å². The van der Waals surface area contributed by atoms with Gasteiger partial charge in [-0.1, -0.05) is 135 Å². The van der Waals surface area contributed by atoms with Crippen LogP contribution in [0.1, 0.15) is 50.7 Å². The lowest BCUT2D eigenvalue weighted by atomic mass is 9.33. The smallest absolute Gasteiger partial charge is 0.252 e. The van der Waals surface area contributed by atoms with Crippen LogP contribution < -0.4 is 31.1 Å². The van der Waals surface area contributed by atoms with Crippen molar-refractivity contribution in [1.29, 1.82) is 0 Å². The third-order valence-electron chi connectivity index (χ3n) is 16.2. The van der Waals surface area contributed by atoms with E-state index in [1.165, 1.54) is 97.8 Å². The van der Waals surface area contributed by atoms with Gasteiger partial charge in [-0.25, -0.2) is 0 Å². The quantitative estimate of drug-likeness (QED) is 0.161. The predicted octanol–water partition coefficient (Wildman–Crippen LogP) is 14.5. The van der Waals surface area contributed by atoms with Gasteiger partial charge in [0.05, 0.1) is 5.54 Å². The number of anilines is 8. The Morgan fingerprint density at radius 3 is 2.18 bits per heavy atom. The van der Waals surface area contributed by atoms with E-state index in [0.717, 1.165) is 44.7 Å². The van der Waals surface area contributed by atoms with E-state index in [0.29, 0.717) is 0 Å². The van der Waals surface area contributed by atoms with Crippen molar-refractivity contribution >= 4 is 101 Å². The summed E-state index contributed by atoms with van der Waals surface area (Å²) in [5.74, 6) is 0. The first-order valence-electron chi connectivity index (χ1n) is 23.7. The predicted molar refractivity (Wildman–Crippen MR) is 278 cm³/mol. The van der Waals surface area contributed by atoms with E-state index in [2.05, 4.69) is 224 Å². The summed E-state index contributed by atoms with van der Waals surface area (Å²) in [5.41, 5.74) is 20.9. The van der Waals surface area contributed by atoms with Crippen molar-refractivity contribution in [2.24, 2.45) is 0 Å². The summed E-state index contributed by atoms with van der Waals surface area (Å²) in [4.78, 5) is 7.83. The summed E-state index contributed by atoms with van der Waals surface area (Å²) < 4.78 is 6.44. The lowest BCUT2D eigenvalue weighted by molar-refractivity contribution is 0.195. The van der Waals surface area contributed by atoms with Gasteiger partial charge in [-0.2, -0.15) is 0 Å². The molecule has 3 aliphatic heterocycles. The number of hydrogen-bond acceptors (Lipinski definition) is 4. The largest absolute Gasteiger partial charge is 0.456 e. The van der Waals surface area contributed by atoms with Crippen molar-refractivity contribution in [2.45, 2.75) is 57.4 Å². The Hall–Kier alpha value is -7.50. The van der Waals surface area contributed by atoms with Crippen LogP contribution in [0.25, 0.3) is 43.8 Å². The third-order valence-corrected chi connectivity index (χ3v) is 16.2. The summed E-state index contributed by atoms with van der Waals surface area (Å²) >= 11 is 0. The second-order valence-electron chi connectivity index (χ2n) is 19.6. The van der Waals surface area contributed by atoms with E-state index in [1.54, 1.807) is 0 Å². The minimum absolute atomic E-state index is 0.0312. The summed E-state index contributed by atoms with van der Waals surface area (Å²) in [7, 11) is 0. The maximum absolute atomic E-state index is 6.44. The molecule has 0 saturated heterocycles. The van der Waals surface area contributed by atoms with Gasteiger partial charge in [-0.05, 0) is 149 Å². The zero-order valence-corrected chi connectivity index (χ0v) is 37.6. The van der Waals surface area contributed by atoms with E-state index in [1.807, 2.05) is 0 Å². The number of para-hydroxylation sites is 3. The van der Waals surface area contributed by atoms with Crippen molar-refractivity contribution in [1.82, 2.24) is 0 Å². The highest BCUT2D eigenvalue weighted by Crippen LogP contribution is 2.62. The molecule has 1 aromatic heterocycles. The molecule has 0 radical (unpaired) electrons. The zero-order chi connectivity index (χ0) is 43.9. The minimum atomic E-state index is -0.0312. The van der Waals surface area contributed by atoms with Gasteiger partial charge in [0, 0.05) is 61.7 Å². The molecule has 2 unspecified atom stereocenters. The van der Waals surface area contributed by atoms with E-state index in [4.69, 9.17) is 4.42 Å². The summed E-state index contributed by atoms with van der Waals surface area (Å²) in [5, 5.41) is 4.76. The van der Waals surface area contributed by atoms with Gasteiger partial charge in [0.15, 0.2) is 0 Å². The molecule has 4 aliphatic rings. The molecule has 1 saturated carbocycles. The summed E-state index contributed by atoms with van der Waals surface area (Å²) in [6, 6.07) is 70.0. The Labute approximate surface area is 386 Å². The highest BCUT2D eigenvalue weighted by Gasteiger charge is 2.61. The monoisotopic (exact) mass is 849 g/mol. The molecule has 0 amide bonds. The highest BCUT2D eigenvalue weighted by atomic mass is 16.3. The van der Waals surface area contributed by atoms with Gasteiger partial charge in [0.2, 0.25) is 0 Å². The fourth-order valence-electron chi connectivity index (χ4n) is 13.0. The van der Waals surface area contributed by atoms with Gasteiger partial charge in [-0.3, -0.25) is 0 Å². The van der Waals surface area contributed by atoms with Crippen LogP contribution in [-0.4, -0.2) is 12.3 Å². The van der Waals surface area contributed by atoms with Gasteiger partial charge >= 0.3 is 0 Å². The standard InChI is InChI=1S/C61H48BN3O/c1-39-34-54-58-55(35-39)65-59-50(60(2)32-11-12-33-61(60,65)3)25-15-26-52(59)62(58)51-30-28-45(38-53(51)64(54)44-29-31-57-49(37-44)48-23-9-10-27-56(48)66-57)63(42-19-5-4-6-20-42)43-21-13-18-41(36-43)47-24-14-17-40-16-7-8-22-46(40)47/h4-10,13-31,34-38H,11-12,32-33H2,1-3H3. The maximum Gasteiger partial charge on any atom is 0.252 e. The number of aryl methyl sites for hydroxylation is 1. The Morgan fingerprint density at radius 2 is 1.27 bits per heavy atom. The van der Waals surface area contributed by atoms with Crippen LogP contribution in [0.3, 0.4) is 0 Å². The molecule has 4 nitrogen and oxygen atoms in total. The zero-order valence-electron chi connectivity index (χ0n) is 37.6. The van der Waals surface area contributed by atoms with Crippen LogP contribution in [0, 0.1) is 6.92 Å². The molecule has 2 atom stereocenters. The minimum Gasteiger partial charge on any atom is -0.456 e. The fraction of sp³-hybridized carbons (Fsp3) is 0.148. The fourth-order valence-corrected chi connectivity index (χ4v) is 13.0. The van der Waals surface area contributed by atoms with Crippen LogP contribution >= 0.6 is 0 Å². The molecule has 0 spiro atoms. The molecule has 9 aromatic carbocycles. The number of rotatable bonds is 5. The molecule has 4 heterocycles. The first-order valence-corrected chi connectivity index (χ1v) is 23.7. The lowest BCUT2D eigenvalue weighted by Crippen LogP contribution is -2.64. The van der Waals surface area contributed by atoms with Gasteiger partial charge < -0.3 is 19.1 Å². The number of hydrogen-bond donors (Lipinski definition) is 0. The topological polar surface area (TPSA) is 22.9 Å². The number of fused-ring (bicyclic) bond motifs is 11. The number of furan rings is 1. The molecule has 1 aliphatic carbocycles. The van der Waals surface area contributed by atoms with Crippen molar-refractivity contribution in [2.75, 3.05) is 14.7 Å². The Morgan fingerprint density at radius 1 is 0.545 bits per heavy atom. The summed E-state index contributed by atoms with van der Waals surface area (Å²) in [6.07, 6.45) is 4.90. The third kappa shape index (κ3) is 5.11. The second-order valence-corrected chi connectivity index (χ2v) is 19.6. The Kier molecular flexibility index (Phi) is 7.89. The number of nitrogens with zero attached hydrogens (tertiary/aromatic N) is 3. The second kappa shape index (κ2) is 13.8. The van der Waals surface area contributed by atoms with Gasteiger partial charge in [0.25, 0.3) is 6.71 Å². The van der Waals surface area contributed by atoms with E-state index < -0.39 is 0 Å². The highest BCUT2D eigenvalue weighted by molar-refractivity contribution is 7.00. The molecule has 5 heteroatoms. The average Bonchev–Trinajstić information content (AvgIpc) is 3.83. The molecular weight excluding hydrogens is 802 g/mol. The van der Waals surface area contributed by atoms with Gasteiger partial charge in [0.1, 0.15) is 11.2 Å². The van der Waals surface area contributed by atoms with Crippen LogP contribution in [-0.2, 0) is 5.41 Å². The van der Waals surface area contributed by atoms with E-state index in [-0.39, 0.29) is 17.7 Å². The molecule has 316 valence electrons. The van der Waals surface area contributed by atoms with E-state index >= 15 is 0 Å². The summed E-state index contributed by atoms with van der Waals surface area (Å²) in [6.45, 7) is 7.49. The molecule has 0 bridgehead atoms. The van der Waals surface area contributed by atoms with Crippen molar-refractivity contribution in [3.63, 3.8) is 0 Å². The SMILES string of the molecule is Cc1cc2c3c(c1)N1c4c(cccc4C4(C)CCCCC14C)B3c1ccc(N(c3ccccc3)c3cccc(-c4cccc5ccccc45)c3)cc1N2c1ccc2oc3ccccc3c2c1. The van der Waals surface area contributed by atoms with E-state index in [9.17, 15) is 0 Å². The average molecular weight is 850 g/mol. The normalized spacial score (nSPS) is 18.9. The van der Waals surface area contributed by atoms with Crippen LogP contribution in [0.5, 0.6) is 0 Å².